The van der Waals surface area contributed by atoms with Crippen molar-refractivity contribution >= 4 is 17.3 Å². The third-order valence-electron chi connectivity index (χ3n) is 3.16. The van der Waals surface area contributed by atoms with Crippen LogP contribution in [0, 0.1) is 20.8 Å². The summed E-state index contributed by atoms with van der Waals surface area (Å²) in [4.78, 5) is 8.85. The van der Waals surface area contributed by atoms with Crippen molar-refractivity contribution in [1.29, 1.82) is 0 Å². The number of aryl methyl sites for hydroxylation is 3. The molecule has 0 aliphatic heterocycles. The highest BCUT2D eigenvalue weighted by atomic mass is 16.5. The Morgan fingerprint density at radius 3 is 2.32 bits per heavy atom. The van der Waals surface area contributed by atoms with Gasteiger partial charge in [0.2, 0.25) is 0 Å². The lowest BCUT2D eigenvalue weighted by atomic mass is 10.1. The summed E-state index contributed by atoms with van der Waals surface area (Å²) in [5.74, 6) is 2.37. The molecule has 1 aromatic carbocycles. The van der Waals surface area contributed by atoms with Crippen LogP contribution in [0.1, 0.15) is 23.4 Å². The van der Waals surface area contributed by atoms with Gasteiger partial charge in [-0.05, 0) is 50.5 Å². The number of hydrogen-bond donors (Lipinski definition) is 2. The van der Waals surface area contributed by atoms with Gasteiger partial charge in [0.25, 0.3) is 0 Å². The Labute approximate surface area is 132 Å². The smallest absolute Gasteiger partial charge is 0.136 e. The molecule has 1 heterocycles. The molecule has 0 saturated carbocycles. The predicted molar refractivity (Wildman–Crippen MR) is 91.0 cm³/mol. The fraction of sp³-hybridized carbons (Fsp3) is 0.412. The number of benzene rings is 1. The van der Waals surface area contributed by atoms with Crippen LogP contribution < -0.4 is 10.6 Å². The van der Waals surface area contributed by atoms with E-state index in [-0.39, 0.29) is 0 Å². The number of hydrogen-bond acceptors (Lipinski definition) is 5. The predicted octanol–water partition coefficient (Wildman–Crippen LogP) is 3.59. The summed E-state index contributed by atoms with van der Waals surface area (Å²) in [6.07, 6.45) is 0.944. The second-order valence-electron chi connectivity index (χ2n) is 5.46. The zero-order valence-corrected chi connectivity index (χ0v) is 13.7. The van der Waals surface area contributed by atoms with E-state index in [4.69, 9.17) is 4.74 Å². The molecule has 0 bridgehead atoms. The van der Waals surface area contributed by atoms with Gasteiger partial charge >= 0.3 is 0 Å². The fourth-order valence-corrected chi connectivity index (χ4v) is 2.35. The number of rotatable bonds is 7. The monoisotopic (exact) mass is 300 g/mol. The maximum Gasteiger partial charge on any atom is 0.136 e. The van der Waals surface area contributed by atoms with Gasteiger partial charge in [0.1, 0.15) is 17.5 Å². The maximum absolute atomic E-state index is 5.04. The number of aromatic nitrogens is 2. The molecule has 0 saturated heterocycles. The summed E-state index contributed by atoms with van der Waals surface area (Å²) in [6.45, 7) is 7.64. The lowest BCUT2D eigenvalue weighted by Gasteiger charge is -2.11. The average Bonchev–Trinajstić information content (AvgIpc) is 2.42. The summed E-state index contributed by atoms with van der Waals surface area (Å²) in [5.41, 5.74) is 3.50. The van der Waals surface area contributed by atoms with E-state index in [1.807, 2.05) is 13.0 Å². The molecule has 0 unspecified atom stereocenters. The van der Waals surface area contributed by atoms with Gasteiger partial charge in [0.05, 0.1) is 0 Å². The average molecular weight is 300 g/mol. The van der Waals surface area contributed by atoms with E-state index in [0.717, 1.165) is 42.7 Å². The summed E-state index contributed by atoms with van der Waals surface area (Å²) < 4.78 is 5.04. The quantitative estimate of drug-likeness (QED) is 0.765. The molecule has 0 aliphatic rings. The van der Waals surface area contributed by atoms with E-state index in [1.54, 1.807) is 7.11 Å². The Hall–Kier alpha value is -2.14. The Balaban J connectivity index is 2.08. The van der Waals surface area contributed by atoms with Crippen molar-refractivity contribution in [3.8, 4) is 0 Å². The third kappa shape index (κ3) is 5.00. The SMILES string of the molecule is COCCCNc1cc(Nc2cc(C)cc(C)c2)nc(C)n1. The highest BCUT2D eigenvalue weighted by molar-refractivity contribution is 5.60. The van der Waals surface area contributed by atoms with E-state index >= 15 is 0 Å². The minimum atomic E-state index is 0.739. The Kier molecular flexibility index (Phi) is 5.72. The van der Waals surface area contributed by atoms with E-state index in [1.165, 1.54) is 11.1 Å². The van der Waals surface area contributed by atoms with Gasteiger partial charge in [-0.3, -0.25) is 0 Å². The summed E-state index contributed by atoms with van der Waals surface area (Å²) in [5, 5.41) is 6.65. The number of ether oxygens (including phenoxy) is 1. The highest BCUT2D eigenvalue weighted by Gasteiger charge is 2.03. The van der Waals surface area contributed by atoms with Crippen molar-refractivity contribution < 1.29 is 4.74 Å². The highest BCUT2D eigenvalue weighted by Crippen LogP contribution is 2.20. The number of nitrogens with one attached hydrogen (secondary N) is 2. The van der Waals surface area contributed by atoms with Crippen molar-refractivity contribution in [2.75, 3.05) is 30.9 Å². The fourth-order valence-electron chi connectivity index (χ4n) is 2.35. The molecular formula is C17H24N4O. The first kappa shape index (κ1) is 16.2. The van der Waals surface area contributed by atoms with Crippen LogP contribution >= 0.6 is 0 Å². The first-order valence-corrected chi connectivity index (χ1v) is 7.50. The molecule has 0 amide bonds. The molecule has 118 valence electrons. The molecule has 5 nitrogen and oxygen atoms in total. The van der Waals surface area contributed by atoms with Crippen LogP contribution in [0.15, 0.2) is 24.3 Å². The zero-order chi connectivity index (χ0) is 15.9. The molecule has 5 heteroatoms. The van der Waals surface area contributed by atoms with Crippen molar-refractivity contribution in [2.24, 2.45) is 0 Å². The minimum Gasteiger partial charge on any atom is -0.385 e. The largest absolute Gasteiger partial charge is 0.385 e. The lowest BCUT2D eigenvalue weighted by Crippen LogP contribution is -2.08. The Bertz CT molecular complexity index is 608. The van der Waals surface area contributed by atoms with Crippen LogP contribution in [0.2, 0.25) is 0 Å². The Morgan fingerprint density at radius 1 is 0.955 bits per heavy atom. The Morgan fingerprint density at radius 2 is 1.64 bits per heavy atom. The topological polar surface area (TPSA) is 59.1 Å². The lowest BCUT2D eigenvalue weighted by molar-refractivity contribution is 0.198. The van der Waals surface area contributed by atoms with Gasteiger partial charge in [0.15, 0.2) is 0 Å². The van der Waals surface area contributed by atoms with E-state index in [9.17, 15) is 0 Å². The number of anilines is 3. The van der Waals surface area contributed by atoms with E-state index in [0.29, 0.717) is 0 Å². The van der Waals surface area contributed by atoms with E-state index in [2.05, 4.69) is 52.6 Å². The third-order valence-corrected chi connectivity index (χ3v) is 3.16. The number of nitrogens with zero attached hydrogens (tertiary/aromatic N) is 2. The van der Waals surface area contributed by atoms with Gasteiger partial charge in [-0.25, -0.2) is 9.97 Å². The van der Waals surface area contributed by atoms with E-state index < -0.39 is 0 Å². The molecule has 0 fully saturated rings. The van der Waals surface area contributed by atoms with Crippen LogP contribution in [-0.2, 0) is 4.74 Å². The minimum absolute atomic E-state index is 0.739. The zero-order valence-electron chi connectivity index (χ0n) is 13.7. The molecule has 22 heavy (non-hydrogen) atoms. The van der Waals surface area contributed by atoms with Crippen LogP contribution in [-0.4, -0.2) is 30.2 Å². The molecule has 0 atom stereocenters. The standard InChI is InChI=1S/C17H24N4O/c1-12-8-13(2)10-15(9-12)21-17-11-16(19-14(3)20-17)18-6-5-7-22-4/h8-11H,5-7H2,1-4H3,(H2,18,19,20,21). The second-order valence-corrected chi connectivity index (χ2v) is 5.46. The van der Waals surface area contributed by atoms with Gasteiger partial charge < -0.3 is 15.4 Å². The molecule has 0 radical (unpaired) electrons. The summed E-state index contributed by atoms with van der Waals surface area (Å²) in [6, 6.07) is 8.29. The molecule has 2 rings (SSSR count). The summed E-state index contributed by atoms with van der Waals surface area (Å²) >= 11 is 0. The molecule has 0 spiro atoms. The first-order chi connectivity index (χ1) is 10.6. The van der Waals surface area contributed by atoms with Crippen LogP contribution in [0.4, 0.5) is 17.3 Å². The first-order valence-electron chi connectivity index (χ1n) is 7.50. The van der Waals surface area contributed by atoms with Gasteiger partial charge in [-0.1, -0.05) is 6.07 Å². The molecular weight excluding hydrogens is 276 g/mol. The van der Waals surface area contributed by atoms with Crippen molar-refractivity contribution in [3.05, 3.63) is 41.2 Å². The second kappa shape index (κ2) is 7.75. The normalized spacial score (nSPS) is 10.5. The van der Waals surface area contributed by atoms with Gasteiger partial charge in [-0.2, -0.15) is 0 Å². The van der Waals surface area contributed by atoms with Gasteiger partial charge in [0, 0.05) is 32.0 Å². The molecule has 1 aromatic heterocycles. The van der Waals surface area contributed by atoms with Gasteiger partial charge in [-0.15, -0.1) is 0 Å². The maximum atomic E-state index is 5.04. The molecule has 2 aromatic rings. The van der Waals surface area contributed by atoms with Crippen molar-refractivity contribution in [3.63, 3.8) is 0 Å². The van der Waals surface area contributed by atoms with Crippen LogP contribution in [0.25, 0.3) is 0 Å². The summed E-state index contributed by atoms with van der Waals surface area (Å²) in [7, 11) is 1.71. The van der Waals surface area contributed by atoms with Crippen LogP contribution in [0.3, 0.4) is 0 Å². The number of methoxy groups -OCH3 is 1. The van der Waals surface area contributed by atoms with Crippen molar-refractivity contribution in [2.45, 2.75) is 27.2 Å². The van der Waals surface area contributed by atoms with Crippen LogP contribution in [0.5, 0.6) is 0 Å². The molecule has 0 aliphatic carbocycles. The van der Waals surface area contributed by atoms with Crippen molar-refractivity contribution in [1.82, 2.24) is 9.97 Å². The molecule has 2 N–H and O–H groups in total.